The van der Waals surface area contributed by atoms with Crippen LogP contribution in [-0.2, 0) is 9.47 Å². The second kappa shape index (κ2) is 15.8. The third-order valence-electron chi connectivity index (χ3n) is 0.539. The Bertz CT molecular complexity index is 46.0. The summed E-state index contributed by atoms with van der Waals surface area (Å²) in [5.41, 5.74) is 0. The van der Waals surface area contributed by atoms with Crippen LogP contribution >= 0.6 is 0 Å². The maximum atomic E-state index is 4.72. The lowest BCUT2D eigenvalue weighted by Gasteiger charge is -1.76. The van der Waals surface area contributed by atoms with E-state index in [0.29, 0.717) is 6.79 Å². The molecule has 0 saturated carbocycles. The third kappa shape index (κ3) is 15.6. The summed E-state index contributed by atoms with van der Waals surface area (Å²) in [7, 11) is 1.64. The molecule has 0 radical (unpaired) electrons. The van der Waals surface area contributed by atoms with Crippen LogP contribution in [0.15, 0.2) is 4.99 Å². The van der Waals surface area contributed by atoms with Gasteiger partial charge >= 0.3 is 0 Å². The number of aliphatic imine (C=N–C) groups is 1. The molecular formula is C7H17NO2. The van der Waals surface area contributed by atoms with Gasteiger partial charge in [0.05, 0.1) is 13.2 Å². The molecule has 1 aliphatic rings. The number of ether oxygens (including phenoxy) is 2. The van der Waals surface area contributed by atoms with Gasteiger partial charge in [-0.15, -0.1) is 0 Å². The normalized spacial score (nSPS) is 13.9. The Morgan fingerprint density at radius 3 is 1.60 bits per heavy atom. The van der Waals surface area contributed by atoms with Crippen molar-refractivity contribution < 1.29 is 9.47 Å². The average Bonchev–Trinajstić information content (AvgIpc) is 2.48. The number of hydrogen-bond donors (Lipinski definition) is 0. The van der Waals surface area contributed by atoms with Crippen molar-refractivity contribution in [2.75, 3.05) is 27.1 Å². The zero-order chi connectivity index (χ0) is 8.24. The first-order valence-corrected chi connectivity index (χ1v) is 3.42. The van der Waals surface area contributed by atoms with E-state index in [4.69, 9.17) is 9.47 Å². The molecule has 3 nitrogen and oxygen atoms in total. The van der Waals surface area contributed by atoms with Crippen LogP contribution < -0.4 is 0 Å². The van der Waals surface area contributed by atoms with E-state index in [2.05, 4.69) is 11.7 Å². The second-order valence-electron chi connectivity index (χ2n) is 1.25. The minimum Gasteiger partial charge on any atom is -0.353 e. The molecule has 0 bridgehead atoms. The fraction of sp³-hybridized carbons (Fsp3) is 0.857. The van der Waals surface area contributed by atoms with Crippen molar-refractivity contribution in [1.82, 2.24) is 0 Å². The molecule has 62 valence electrons. The molecule has 0 unspecified atom stereocenters. The lowest BCUT2D eigenvalue weighted by molar-refractivity contribution is 0.0692. The van der Waals surface area contributed by atoms with E-state index in [1.165, 1.54) is 0 Å². The molecular weight excluding hydrogens is 130 g/mol. The topological polar surface area (TPSA) is 30.8 Å². The summed E-state index contributed by atoms with van der Waals surface area (Å²) in [6, 6.07) is 0. The van der Waals surface area contributed by atoms with Crippen LogP contribution in [0.1, 0.15) is 13.8 Å². The minimum atomic E-state index is 0.500. The maximum absolute atomic E-state index is 4.72. The van der Waals surface area contributed by atoms with Gasteiger partial charge in [0.15, 0.2) is 0 Å². The van der Waals surface area contributed by atoms with Crippen molar-refractivity contribution in [3.8, 4) is 0 Å². The van der Waals surface area contributed by atoms with Gasteiger partial charge in [-0.05, 0) is 6.72 Å². The van der Waals surface area contributed by atoms with Crippen LogP contribution in [0.5, 0.6) is 0 Å². The fourth-order valence-electron chi connectivity index (χ4n) is 0.295. The van der Waals surface area contributed by atoms with E-state index in [1.807, 2.05) is 13.8 Å². The van der Waals surface area contributed by atoms with Crippen LogP contribution in [0.4, 0.5) is 0 Å². The molecule has 1 heterocycles. The molecule has 1 aliphatic heterocycles. The summed E-state index contributed by atoms with van der Waals surface area (Å²) < 4.78 is 9.44. The van der Waals surface area contributed by atoms with Crippen LogP contribution in [0, 0.1) is 0 Å². The molecule has 0 N–H and O–H groups in total. The van der Waals surface area contributed by atoms with E-state index >= 15 is 0 Å². The summed E-state index contributed by atoms with van der Waals surface area (Å²) in [5.74, 6) is 0. The molecule has 1 rings (SSSR count). The summed E-state index contributed by atoms with van der Waals surface area (Å²) in [6.07, 6.45) is 0. The Morgan fingerprint density at radius 1 is 1.20 bits per heavy atom. The van der Waals surface area contributed by atoms with Crippen LogP contribution in [-0.4, -0.2) is 33.8 Å². The second-order valence-corrected chi connectivity index (χ2v) is 1.25. The van der Waals surface area contributed by atoms with Crippen molar-refractivity contribution >= 4 is 6.72 Å². The summed E-state index contributed by atoms with van der Waals surface area (Å²) in [6.45, 7) is 9.17. The van der Waals surface area contributed by atoms with Crippen molar-refractivity contribution in [3.05, 3.63) is 0 Å². The van der Waals surface area contributed by atoms with Gasteiger partial charge < -0.3 is 14.5 Å². The predicted octanol–water partition coefficient (Wildman–Crippen LogP) is 1.33. The van der Waals surface area contributed by atoms with Gasteiger partial charge in [0, 0.05) is 7.05 Å². The van der Waals surface area contributed by atoms with Crippen LogP contribution in [0.2, 0.25) is 0 Å². The Morgan fingerprint density at radius 2 is 1.50 bits per heavy atom. The molecule has 10 heavy (non-hydrogen) atoms. The fourth-order valence-corrected chi connectivity index (χ4v) is 0.295. The lowest BCUT2D eigenvalue weighted by Crippen LogP contribution is -1.79. The molecule has 0 atom stereocenters. The number of nitrogens with zero attached hydrogens (tertiary/aromatic N) is 1. The highest BCUT2D eigenvalue weighted by atomic mass is 16.7. The molecule has 0 aromatic rings. The van der Waals surface area contributed by atoms with E-state index in [0.717, 1.165) is 13.2 Å². The largest absolute Gasteiger partial charge is 0.353 e. The van der Waals surface area contributed by atoms with Crippen LogP contribution in [0.25, 0.3) is 0 Å². The SMILES string of the molecule is C1COCO1.C=NC.CC. The highest BCUT2D eigenvalue weighted by Gasteiger charge is 1.93. The van der Waals surface area contributed by atoms with Crippen molar-refractivity contribution in [2.45, 2.75) is 13.8 Å². The van der Waals surface area contributed by atoms with Crippen molar-refractivity contribution in [2.24, 2.45) is 4.99 Å². The van der Waals surface area contributed by atoms with Crippen molar-refractivity contribution in [3.63, 3.8) is 0 Å². The Kier molecular flexibility index (Phi) is 19.5. The highest BCUT2D eigenvalue weighted by Crippen LogP contribution is 1.85. The van der Waals surface area contributed by atoms with Gasteiger partial charge in [0.25, 0.3) is 0 Å². The first-order chi connectivity index (χ1) is 4.91. The monoisotopic (exact) mass is 147 g/mol. The third-order valence-corrected chi connectivity index (χ3v) is 0.539. The van der Waals surface area contributed by atoms with Gasteiger partial charge in [-0.3, -0.25) is 0 Å². The predicted molar refractivity (Wildman–Crippen MR) is 43.6 cm³/mol. The smallest absolute Gasteiger partial charge is 0.146 e. The molecule has 0 spiro atoms. The van der Waals surface area contributed by atoms with Crippen LogP contribution in [0.3, 0.4) is 0 Å². The molecule has 0 aliphatic carbocycles. The molecule has 0 aromatic carbocycles. The molecule has 0 aromatic heterocycles. The Labute approximate surface area is 63.1 Å². The molecule has 1 fully saturated rings. The van der Waals surface area contributed by atoms with Gasteiger partial charge in [-0.1, -0.05) is 13.8 Å². The zero-order valence-electron chi connectivity index (χ0n) is 7.09. The summed E-state index contributed by atoms with van der Waals surface area (Å²) in [4.78, 5) is 3.25. The van der Waals surface area contributed by atoms with E-state index in [9.17, 15) is 0 Å². The molecule has 1 saturated heterocycles. The van der Waals surface area contributed by atoms with E-state index in [-0.39, 0.29) is 0 Å². The lowest BCUT2D eigenvalue weighted by atomic mass is 10.8. The summed E-state index contributed by atoms with van der Waals surface area (Å²) in [5, 5.41) is 0. The van der Waals surface area contributed by atoms with Crippen molar-refractivity contribution in [1.29, 1.82) is 0 Å². The highest BCUT2D eigenvalue weighted by molar-refractivity contribution is 5.22. The average molecular weight is 147 g/mol. The first-order valence-electron chi connectivity index (χ1n) is 3.42. The quantitative estimate of drug-likeness (QED) is 0.484. The number of hydrogen-bond acceptors (Lipinski definition) is 3. The van der Waals surface area contributed by atoms with E-state index in [1.54, 1.807) is 7.05 Å². The van der Waals surface area contributed by atoms with Gasteiger partial charge in [0.2, 0.25) is 0 Å². The van der Waals surface area contributed by atoms with E-state index < -0.39 is 0 Å². The van der Waals surface area contributed by atoms with Gasteiger partial charge in [-0.2, -0.15) is 0 Å². The van der Waals surface area contributed by atoms with Gasteiger partial charge in [0.1, 0.15) is 6.79 Å². The molecule has 0 amide bonds. The molecule has 3 heteroatoms. The number of rotatable bonds is 0. The van der Waals surface area contributed by atoms with Gasteiger partial charge in [-0.25, -0.2) is 0 Å². The standard InChI is InChI=1S/C3H6O2.C2H5N.C2H6/c1-2-5-3-4-1;1-3-2;1-2/h1-3H2;1H2,2H3;1-2H3. The first kappa shape index (κ1) is 12.3. The Hall–Kier alpha value is -0.410. The minimum absolute atomic E-state index is 0.500. The summed E-state index contributed by atoms with van der Waals surface area (Å²) >= 11 is 0. The zero-order valence-corrected chi connectivity index (χ0v) is 7.09. The maximum Gasteiger partial charge on any atom is 0.146 e. The Balaban J connectivity index is 0.